The maximum atomic E-state index is 12.7. The average molecular weight is 446 g/mol. The molecule has 31 heavy (non-hydrogen) atoms. The Morgan fingerprint density at radius 3 is 2.23 bits per heavy atom. The van der Waals surface area contributed by atoms with Gasteiger partial charge in [-0.1, -0.05) is 25.1 Å². The fourth-order valence-corrected chi connectivity index (χ4v) is 4.63. The van der Waals surface area contributed by atoms with E-state index in [-0.39, 0.29) is 23.4 Å². The molecule has 0 radical (unpaired) electrons. The summed E-state index contributed by atoms with van der Waals surface area (Å²) >= 11 is 0. The highest BCUT2D eigenvalue weighted by Gasteiger charge is 2.34. The van der Waals surface area contributed by atoms with Gasteiger partial charge in [0.05, 0.1) is 22.3 Å². The largest absolute Gasteiger partial charge is 0.465 e. The Bertz CT molecular complexity index is 1100. The SMILES string of the molecule is CCCC(=O)N1c2ccc(-c3ccc(S(=O)(=O)N(C)C)cc3)cc2N(C(=O)O)C[C@@H]1C. The number of carboxylic acid groups (broad SMARTS) is 1. The van der Waals surface area contributed by atoms with Crippen LogP contribution < -0.4 is 9.80 Å². The summed E-state index contributed by atoms with van der Waals surface area (Å²) < 4.78 is 25.7. The Hall–Kier alpha value is -2.91. The highest BCUT2D eigenvalue weighted by molar-refractivity contribution is 7.89. The van der Waals surface area contributed by atoms with Crippen LogP contribution in [-0.2, 0) is 14.8 Å². The second kappa shape index (κ2) is 8.68. The van der Waals surface area contributed by atoms with Gasteiger partial charge in [-0.25, -0.2) is 17.5 Å². The van der Waals surface area contributed by atoms with E-state index >= 15 is 0 Å². The summed E-state index contributed by atoms with van der Waals surface area (Å²) in [6, 6.07) is 11.5. The smallest absolute Gasteiger partial charge is 0.411 e. The molecule has 8 nitrogen and oxygen atoms in total. The first-order chi connectivity index (χ1) is 14.6. The predicted molar refractivity (Wildman–Crippen MR) is 120 cm³/mol. The van der Waals surface area contributed by atoms with Crippen molar-refractivity contribution >= 4 is 33.4 Å². The van der Waals surface area contributed by atoms with Gasteiger partial charge < -0.3 is 10.0 Å². The molecule has 0 fully saturated rings. The van der Waals surface area contributed by atoms with Gasteiger partial charge in [0.1, 0.15) is 0 Å². The van der Waals surface area contributed by atoms with E-state index in [1.54, 1.807) is 29.2 Å². The van der Waals surface area contributed by atoms with Crippen LogP contribution >= 0.6 is 0 Å². The first-order valence-electron chi connectivity index (χ1n) is 10.1. The normalized spacial score (nSPS) is 16.4. The van der Waals surface area contributed by atoms with Crippen LogP contribution in [0.25, 0.3) is 11.1 Å². The van der Waals surface area contributed by atoms with Crippen LogP contribution in [0.5, 0.6) is 0 Å². The number of fused-ring (bicyclic) bond motifs is 1. The minimum atomic E-state index is -3.54. The Morgan fingerprint density at radius 1 is 1.06 bits per heavy atom. The van der Waals surface area contributed by atoms with Gasteiger partial charge in [0.25, 0.3) is 0 Å². The molecule has 0 bridgehead atoms. The van der Waals surface area contributed by atoms with E-state index in [9.17, 15) is 23.1 Å². The summed E-state index contributed by atoms with van der Waals surface area (Å²) in [7, 11) is -0.591. The molecule has 0 aliphatic carbocycles. The maximum absolute atomic E-state index is 12.7. The van der Waals surface area contributed by atoms with Crippen LogP contribution in [0.1, 0.15) is 26.7 Å². The van der Waals surface area contributed by atoms with Crippen LogP contribution in [0.15, 0.2) is 47.4 Å². The van der Waals surface area contributed by atoms with Gasteiger partial charge in [-0.3, -0.25) is 9.69 Å². The average Bonchev–Trinajstić information content (AvgIpc) is 2.72. The molecule has 0 saturated carbocycles. The van der Waals surface area contributed by atoms with Crippen LogP contribution in [0, 0.1) is 0 Å². The van der Waals surface area contributed by atoms with Crippen molar-refractivity contribution < 1.29 is 23.1 Å². The quantitative estimate of drug-likeness (QED) is 0.758. The zero-order valence-corrected chi connectivity index (χ0v) is 18.9. The summed E-state index contributed by atoms with van der Waals surface area (Å²) in [4.78, 5) is 27.7. The molecule has 1 atom stereocenters. The van der Waals surface area contributed by atoms with Gasteiger partial charge >= 0.3 is 6.09 Å². The van der Waals surface area contributed by atoms with Crippen LogP contribution in [0.2, 0.25) is 0 Å². The number of hydrogen-bond acceptors (Lipinski definition) is 4. The highest BCUT2D eigenvalue weighted by Crippen LogP contribution is 2.39. The molecule has 166 valence electrons. The molecule has 1 aliphatic rings. The van der Waals surface area contributed by atoms with E-state index in [0.717, 1.165) is 15.4 Å². The standard InChI is InChI=1S/C22H27N3O5S/c1-5-6-21(26)25-15(2)14-24(22(27)28)20-13-17(9-12-19(20)25)16-7-10-18(11-8-16)31(29,30)23(3)4/h7-13,15H,5-6,14H2,1-4H3,(H,27,28)/t15-/m0/s1. The first-order valence-corrected chi connectivity index (χ1v) is 11.5. The monoisotopic (exact) mass is 445 g/mol. The highest BCUT2D eigenvalue weighted by atomic mass is 32.2. The molecule has 0 spiro atoms. The van der Waals surface area contributed by atoms with Gasteiger partial charge in [-0.05, 0) is 48.7 Å². The zero-order chi connectivity index (χ0) is 22.9. The minimum absolute atomic E-state index is 0.0349. The molecule has 1 heterocycles. The maximum Gasteiger partial charge on any atom is 0.411 e. The summed E-state index contributed by atoms with van der Waals surface area (Å²) in [5, 5.41) is 9.72. The van der Waals surface area contributed by atoms with Gasteiger partial charge in [-0.15, -0.1) is 0 Å². The second-order valence-electron chi connectivity index (χ2n) is 7.77. The molecule has 1 N–H and O–H groups in total. The van der Waals surface area contributed by atoms with E-state index in [0.29, 0.717) is 24.2 Å². The van der Waals surface area contributed by atoms with Crippen molar-refractivity contribution in [3.05, 3.63) is 42.5 Å². The van der Waals surface area contributed by atoms with E-state index in [1.165, 1.54) is 31.1 Å². The van der Waals surface area contributed by atoms with Crippen LogP contribution in [0.4, 0.5) is 16.2 Å². The third-order valence-electron chi connectivity index (χ3n) is 5.34. The third-order valence-corrected chi connectivity index (χ3v) is 7.17. The molecule has 2 aromatic carbocycles. The zero-order valence-electron chi connectivity index (χ0n) is 18.1. The minimum Gasteiger partial charge on any atom is -0.465 e. The van der Waals surface area contributed by atoms with Crippen molar-refractivity contribution in [2.45, 2.75) is 37.6 Å². The molecule has 9 heteroatoms. The number of amides is 2. The molecule has 0 saturated heterocycles. The Balaban J connectivity index is 2.05. The second-order valence-corrected chi connectivity index (χ2v) is 9.92. The third kappa shape index (κ3) is 4.28. The molecule has 2 aromatic rings. The number of rotatable bonds is 5. The van der Waals surface area contributed by atoms with Crippen molar-refractivity contribution in [1.82, 2.24) is 4.31 Å². The lowest BCUT2D eigenvalue weighted by Crippen LogP contribution is -2.51. The lowest BCUT2D eigenvalue weighted by Gasteiger charge is -2.40. The Labute approximate surface area is 182 Å². The van der Waals surface area contributed by atoms with Gasteiger partial charge in [0.15, 0.2) is 0 Å². The summed E-state index contributed by atoms with van der Waals surface area (Å²) in [5.41, 5.74) is 2.49. The summed E-state index contributed by atoms with van der Waals surface area (Å²) in [5.74, 6) is -0.0349. The lowest BCUT2D eigenvalue weighted by molar-refractivity contribution is -0.119. The van der Waals surface area contributed by atoms with E-state index in [4.69, 9.17) is 0 Å². The number of hydrogen-bond donors (Lipinski definition) is 1. The molecule has 1 aliphatic heterocycles. The first kappa shape index (κ1) is 22.8. The van der Waals surface area contributed by atoms with Gasteiger partial charge in [0.2, 0.25) is 15.9 Å². The van der Waals surface area contributed by atoms with Crippen molar-refractivity contribution in [3.63, 3.8) is 0 Å². The number of carbonyl (C=O) groups is 2. The molecular formula is C22H27N3O5S. The number of nitrogens with zero attached hydrogens (tertiary/aromatic N) is 3. The number of sulfonamides is 1. The van der Waals surface area contributed by atoms with Crippen molar-refractivity contribution in [3.8, 4) is 11.1 Å². The van der Waals surface area contributed by atoms with Crippen molar-refractivity contribution in [2.75, 3.05) is 30.4 Å². The predicted octanol–water partition coefficient (Wildman–Crippen LogP) is 3.62. The number of carbonyl (C=O) groups excluding carboxylic acids is 1. The van der Waals surface area contributed by atoms with Gasteiger partial charge in [-0.2, -0.15) is 0 Å². The van der Waals surface area contributed by atoms with E-state index in [1.807, 2.05) is 19.9 Å². The summed E-state index contributed by atoms with van der Waals surface area (Å²) in [6.07, 6.45) is 0.0149. The van der Waals surface area contributed by atoms with Crippen LogP contribution in [-0.4, -0.2) is 56.5 Å². The number of benzene rings is 2. The molecular weight excluding hydrogens is 418 g/mol. The number of anilines is 2. The topological polar surface area (TPSA) is 98.2 Å². The lowest BCUT2D eigenvalue weighted by atomic mass is 10.0. The molecule has 3 rings (SSSR count). The molecule has 0 aromatic heterocycles. The Kier molecular flexibility index (Phi) is 6.38. The fourth-order valence-electron chi connectivity index (χ4n) is 3.73. The van der Waals surface area contributed by atoms with E-state index in [2.05, 4.69) is 0 Å². The van der Waals surface area contributed by atoms with Crippen molar-refractivity contribution in [2.24, 2.45) is 0 Å². The summed E-state index contributed by atoms with van der Waals surface area (Å²) in [6.45, 7) is 3.95. The van der Waals surface area contributed by atoms with Crippen LogP contribution in [0.3, 0.4) is 0 Å². The Morgan fingerprint density at radius 2 is 1.68 bits per heavy atom. The van der Waals surface area contributed by atoms with E-state index < -0.39 is 16.1 Å². The van der Waals surface area contributed by atoms with Gasteiger partial charge in [0, 0.05) is 27.1 Å². The molecule has 0 unspecified atom stereocenters. The van der Waals surface area contributed by atoms with Crippen molar-refractivity contribution in [1.29, 1.82) is 0 Å². The fraction of sp³-hybridized carbons (Fsp3) is 0.364. The molecule has 2 amide bonds.